The van der Waals surface area contributed by atoms with Crippen molar-refractivity contribution < 1.29 is 14.1 Å². The molecule has 2 rings (SSSR count). The summed E-state index contributed by atoms with van der Waals surface area (Å²) in [7, 11) is 1.56. The van der Waals surface area contributed by atoms with E-state index in [-0.39, 0.29) is 12.5 Å². The Morgan fingerprint density at radius 2 is 2.40 bits per heavy atom. The van der Waals surface area contributed by atoms with Gasteiger partial charge in [-0.05, 0) is 13.0 Å². The SMILES string of the molecule is CCn1ccc(C(=O)NCCc2noc(COC)n2)n1. The van der Waals surface area contributed by atoms with Gasteiger partial charge in [-0.1, -0.05) is 5.16 Å². The fourth-order valence-electron chi connectivity index (χ4n) is 1.61. The van der Waals surface area contributed by atoms with Crippen molar-refractivity contribution in [3.63, 3.8) is 0 Å². The Kier molecular flexibility index (Phi) is 4.83. The summed E-state index contributed by atoms with van der Waals surface area (Å²) in [6.45, 7) is 3.40. The minimum atomic E-state index is -0.210. The van der Waals surface area contributed by atoms with E-state index in [1.807, 2.05) is 6.92 Å². The third-order valence-electron chi connectivity index (χ3n) is 2.61. The number of nitrogens with zero attached hydrogens (tertiary/aromatic N) is 4. The summed E-state index contributed by atoms with van der Waals surface area (Å²) in [5.41, 5.74) is 0.403. The summed E-state index contributed by atoms with van der Waals surface area (Å²) in [5.74, 6) is 0.754. The largest absolute Gasteiger partial charge is 0.375 e. The van der Waals surface area contributed by atoms with Crippen LogP contribution < -0.4 is 5.32 Å². The highest BCUT2D eigenvalue weighted by Gasteiger charge is 2.10. The van der Waals surface area contributed by atoms with Gasteiger partial charge >= 0.3 is 0 Å². The van der Waals surface area contributed by atoms with Crippen molar-refractivity contribution in [1.29, 1.82) is 0 Å². The Bertz CT molecular complexity index is 563. The second-order valence-electron chi connectivity index (χ2n) is 4.10. The lowest BCUT2D eigenvalue weighted by Crippen LogP contribution is -2.26. The molecule has 0 spiro atoms. The number of hydrogen-bond donors (Lipinski definition) is 1. The number of carbonyl (C=O) groups excluding carboxylic acids is 1. The first-order chi connectivity index (χ1) is 9.72. The Morgan fingerprint density at radius 1 is 1.55 bits per heavy atom. The van der Waals surface area contributed by atoms with Crippen LogP contribution >= 0.6 is 0 Å². The molecule has 2 aromatic rings. The molecule has 0 bridgehead atoms. The fourth-order valence-corrected chi connectivity index (χ4v) is 1.61. The van der Waals surface area contributed by atoms with Gasteiger partial charge < -0.3 is 14.6 Å². The predicted octanol–water partition coefficient (Wildman–Crippen LogP) is 0.405. The van der Waals surface area contributed by atoms with E-state index in [4.69, 9.17) is 9.26 Å². The van der Waals surface area contributed by atoms with Gasteiger partial charge in [-0.2, -0.15) is 10.1 Å². The van der Waals surface area contributed by atoms with Crippen molar-refractivity contribution in [2.24, 2.45) is 0 Å². The highest BCUT2D eigenvalue weighted by Crippen LogP contribution is 1.99. The molecular formula is C12H17N5O3. The molecule has 0 aliphatic carbocycles. The third kappa shape index (κ3) is 3.64. The van der Waals surface area contributed by atoms with Crippen LogP contribution in [0.1, 0.15) is 29.1 Å². The van der Waals surface area contributed by atoms with Gasteiger partial charge in [0.05, 0.1) is 0 Å². The van der Waals surface area contributed by atoms with Crippen molar-refractivity contribution in [2.45, 2.75) is 26.5 Å². The second-order valence-corrected chi connectivity index (χ2v) is 4.10. The zero-order valence-corrected chi connectivity index (χ0v) is 11.5. The molecule has 2 aromatic heterocycles. The van der Waals surface area contributed by atoms with E-state index in [1.54, 1.807) is 24.1 Å². The van der Waals surface area contributed by atoms with Crippen molar-refractivity contribution in [3.8, 4) is 0 Å². The molecule has 20 heavy (non-hydrogen) atoms. The summed E-state index contributed by atoms with van der Waals surface area (Å²) >= 11 is 0. The van der Waals surface area contributed by atoms with Crippen LogP contribution in [0.3, 0.4) is 0 Å². The third-order valence-corrected chi connectivity index (χ3v) is 2.61. The van der Waals surface area contributed by atoms with Crippen LogP contribution in [0, 0.1) is 0 Å². The zero-order chi connectivity index (χ0) is 14.4. The van der Waals surface area contributed by atoms with E-state index in [2.05, 4.69) is 20.6 Å². The van der Waals surface area contributed by atoms with Crippen molar-refractivity contribution in [1.82, 2.24) is 25.2 Å². The maximum Gasteiger partial charge on any atom is 0.271 e. The number of carbonyl (C=O) groups is 1. The number of ether oxygens (including phenoxy) is 1. The molecule has 8 nitrogen and oxygen atoms in total. The molecule has 0 atom stereocenters. The standard InChI is InChI=1S/C12H17N5O3/c1-3-17-7-5-9(15-17)12(18)13-6-4-10-14-11(8-19-2)20-16-10/h5,7H,3-4,6,8H2,1-2H3,(H,13,18). The van der Waals surface area contributed by atoms with Crippen molar-refractivity contribution in [3.05, 3.63) is 29.7 Å². The zero-order valence-electron chi connectivity index (χ0n) is 11.5. The molecule has 1 amide bonds. The minimum absolute atomic E-state index is 0.210. The Morgan fingerprint density at radius 3 is 3.10 bits per heavy atom. The Labute approximate surface area is 116 Å². The number of amides is 1. The van der Waals surface area contributed by atoms with Gasteiger partial charge in [0.1, 0.15) is 12.3 Å². The van der Waals surface area contributed by atoms with Crippen LogP contribution in [0.5, 0.6) is 0 Å². The number of methoxy groups -OCH3 is 1. The number of rotatable bonds is 7. The summed E-state index contributed by atoms with van der Waals surface area (Å²) < 4.78 is 11.5. The van der Waals surface area contributed by atoms with E-state index in [9.17, 15) is 4.79 Å². The van der Waals surface area contributed by atoms with Crippen molar-refractivity contribution >= 4 is 5.91 Å². The molecule has 0 unspecified atom stereocenters. The normalized spacial score (nSPS) is 10.7. The first kappa shape index (κ1) is 14.2. The average Bonchev–Trinajstić information content (AvgIpc) is 3.08. The van der Waals surface area contributed by atoms with E-state index >= 15 is 0 Å². The molecule has 108 valence electrons. The van der Waals surface area contributed by atoms with E-state index in [0.717, 1.165) is 6.54 Å². The highest BCUT2D eigenvalue weighted by atomic mass is 16.5. The number of aryl methyl sites for hydroxylation is 1. The van der Waals surface area contributed by atoms with E-state index in [0.29, 0.717) is 30.4 Å². The molecular weight excluding hydrogens is 262 g/mol. The van der Waals surface area contributed by atoms with Gasteiger partial charge in [0.15, 0.2) is 5.82 Å². The van der Waals surface area contributed by atoms with Crippen molar-refractivity contribution in [2.75, 3.05) is 13.7 Å². The van der Waals surface area contributed by atoms with Crippen LogP contribution in [-0.4, -0.2) is 39.5 Å². The quantitative estimate of drug-likeness (QED) is 0.788. The predicted molar refractivity (Wildman–Crippen MR) is 68.9 cm³/mol. The van der Waals surface area contributed by atoms with Gasteiger partial charge in [-0.3, -0.25) is 9.48 Å². The average molecular weight is 279 g/mol. The van der Waals surface area contributed by atoms with Gasteiger partial charge in [0.2, 0.25) is 0 Å². The van der Waals surface area contributed by atoms with Crippen LogP contribution in [-0.2, 0) is 24.3 Å². The van der Waals surface area contributed by atoms with Gasteiger partial charge in [0, 0.05) is 32.8 Å². The van der Waals surface area contributed by atoms with Crippen LogP contribution in [0.2, 0.25) is 0 Å². The number of nitrogens with one attached hydrogen (secondary N) is 1. The highest BCUT2D eigenvalue weighted by molar-refractivity contribution is 5.92. The molecule has 0 radical (unpaired) electrons. The van der Waals surface area contributed by atoms with Crippen LogP contribution in [0.15, 0.2) is 16.8 Å². The summed E-state index contributed by atoms with van der Waals surface area (Å²) in [5, 5.41) is 10.7. The van der Waals surface area contributed by atoms with Gasteiger partial charge in [0.25, 0.3) is 11.8 Å². The number of aromatic nitrogens is 4. The van der Waals surface area contributed by atoms with E-state index < -0.39 is 0 Å². The molecule has 0 saturated carbocycles. The topological polar surface area (TPSA) is 95.1 Å². The minimum Gasteiger partial charge on any atom is -0.375 e. The molecule has 1 N–H and O–H groups in total. The molecule has 0 aliphatic heterocycles. The first-order valence-electron chi connectivity index (χ1n) is 6.35. The van der Waals surface area contributed by atoms with Crippen LogP contribution in [0.25, 0.3) is 0 Å². The molecule has 0 saturated heterocycles. The molecule has 0 aliphatic rings. The summed E-state index contributed by atoms with van der Waals surface area (Å²) in [6.07, 6.45) is 2.26. The molecule has 0 fully saturated rings. The second kappa shape index (κ2) is 6.80. The van der Waals surface area contributed by atoms with Gasteiger partial charge in [-0.15, -0.1) is 0 Å². The Hall–Kier alpha value is -2.22. The molecule has 2 heterocycles. The van der Waals surface area contributed by atoms with E-state index in [1.165, 1.54) is 0 Å². The molecule has 8 heteroatoms. The summed E-state index contributed by atoms with van der Waals surface area (Å²) in [4.78, 5) is 15.9. The molecule has 0 aromatic carbocycles. The maximum absolute atomic E-state index is 11.8. The lowest BCUT2D eigenvalue weighted by molar-refractivity contribution is 0.0948. The lowest BCUT2D eigenvalue weighted by Gasteiger charge is -2.00. The van der Waals surface area contributed by atoms with Crippen LogP contribution in [0.4, 0.5) is 0 Å². The smallest absolute Gasteiger partial charge is 0.271 e. The number of hydrogen-bond acceptors (Lipinski definition) is 6. The van der Waals surface area contributed by atoms with Gasteiger partial charge in [-0.25, -0.2) is 0 Å². The lowest BCUT2D eigenvalue weighted by atomic mass is 10.3. The first-order valence-corrected chi connectivity index (χ1v) is 6.35. The monoisotopic (exact) mass is 279 g/mol. The summed E-state index contributed by atoms with van der Waals surface area (Å²) in [6, 6.07) is 1.68. The Balaban J connectivity index is 1.78. The fraction of sp³-hybridized carbons (Fsp3) is 0.500. The maximum atomic E-state index is 11.8.